The lowest BCUT2D eigenvalue weighted by Crippen LogP contribution is -2.34. The van der Waals surface area contributed by atoms with Crippen molar-refractivity contribution in [3.63, 3.8) is 0 Å². The SMILES string of the molecule is C=c1[nH]n(-c2ccccn2)c(=O)c1=Cc1ccc(O)c(OC)c1. The fourth-order valence-corrected chi connectivity index (χ4v) is 2.24. The number of phenols is 1. The van der Waals surface area contributed by atoms with Crippen molar-refractivity contribution in [3.8, 4) is 17.3 Å². The molecule has 0 atom stereocenters. The van der Waals surface area contributed by atoms with E-state index in [0.29, 0.717) is 27.7 Å². The molecule has 23 heavy (non-hydrogen) atoms. The standard InChI is InChI=1S/C17H15N3O3/c1-11-13(9-12-6-7-14(21)15(10-12)23-2)17(22)20(19-11)16-5-3-4-8-18-16/h3-10,19,21H,1H2,2H3. The number of hydrogen-bond donors (Lipinski definition) is 2. The number of nitrogens with one attached hydrogen (secondary N) is 1. The first-order valence-electron chi connectivity index (χ1n) is 6.90. The smallest absolute Gasteiger partial charge is 0.280 e. The van der Waals surface area contributed by atoms with Crippen LogP contribution in [0.1, 0.15) is 5.56 Å². The van der Waals surface area contributed by atoms with Gasteiger partial charge in [-0.3, -0.25) is 9.89 Å². The Labute approximate surface area is 131 Å². The highest BCUT2D eigenvalue weighted by Crippen LogP contribution is 2.26. The summed E-state index contributed by atoms with van der Waals surface area (Å²) in [5.41, 5.74) is 0.467. The number of nitrogens with zero attached hydrogens (tertiary/aromatic N) is 2. The Morgan fingerprint density at radius 3 is 2.87 bits per heavy atom. The maximum atomic E-state index is 12.6. The fourth-order valence-electron chi connectivity index (χ4n) is 2.24. The number of phenolic OH excluding ortho intramolecular Hbond substituents is 1. The number of aromatic hydroxyl groups is 1. The monoisotopic (exact) mass is 309 g/mol. The molecule has 0 spiro atoms. The number of aromatic amines is 1. The Bertz CT molecular complexity index is 1000. The highest BCUT2D eigenvalue weighted by atomic mass is 16.5. The van der Waals surface area contributed by atoms with Crippen LogP contribution in [-0.2, 0) is 0 Å². The molecule has 0 radical (unpaired) electrons. The third kappa shape index (κ3) is 2.74. The minimum atomic E-state index is -0.249. The Hall–Kier alpha value is -3.28. The van der Waals surface area contributed by atoms with E-state index in [4.69, 9.17) is 4.74 Å². The van der Waals surface area contributed by atoms with Gasteiger partial charge in [-0.15, -0.1) is 0 Å². The molecule has 0 aliphatic heterocycles. The molecule has 6 nitrogen and oxygen atoms in total. The second-order valence-electron chi connectivity index (χ2n) is 4.91. The minimum absolute atomic E-state index is 0.0412. The van der Waals surface area contributed by atoms with Gasteiger partial charge in [0, 0.05) is 6.20 Å². The van der Waals surface area contributed by atoms with Gasteiger partial charge in [0.05, 0.1) is 17.7 Å². The first-order valence-corrected chi connectivity index (χ1v) is 6.90. The first kappa shape index (κ1) is 14.6. The summed E-state index contributed by atoms with van der Waals surface area (Å²) in [7, 11) is 1.47. The molecule has 0 amide bonds. The van der Waals surface area contributed by atoms with Crippen molar-refractivity contribution in [1.29, 1.82) is 0 Å². The molecule has 0 aliphatic carbocycles. The third-order valence-corrected chi connectivity index (χ3v) is 3.40. The summed E-state index contributed by atoms with van der Waals surface area (Å²) in [5.74, 6) is 0.870. The topological polar surface area (TPSA) is 80.1 Å². The van der Waals surface area contributed by atoms with Crippen LogP contribution in [0.25, 0.3) is 18.5 Å². The second kappa shape index (κ2) is 5.84. The first-order chi connectivity index (χ1) is 11.1. The Balaban J connectivity index is 2.17. The third-order valence-electron chi connectivity index (χ3n) is 3.40. The maximum absolute atomic E-state index is 12.6. The van der Waals surface area contributed by atoms with Crippen molar-refractivity contribution in [2.45, 2.75) is 0 Å². The number of rotatable bonds is 3. The zero-order chi connectivity index (χ0) is 16.4. The number of hydrogen-bond acceptors (Lipinski definition) is 4. The van der Waals surface area contributed by atoms with Crippen LogP contribution in [-0.4, -0.2) is 27.0 Å². The fraction of sp³-hybridized carbons (Fsp3) is 0.0588. The lowest BCUT2D eigenvalue weighted by molar-refractivity contribution is 0.373. The lowest BCUT2D eigenvalue weighted by Gasteiger charge is -2.03. The van der Waals surface area contributed by atoms with E-state index in [-0.39, 0.29) is 11.3 Å². The predicted molar refractivity (Wildman–Crippen MR) is 87.2 cm³/mol. The van der Waals surface area contributed by atoms with Gasteiger partial charge in [0.1, 0.15) is 0 Å². The summed E-state index contributed by atoms with van der Waals surface area (Å²) >= 11 is 0. The van der Waals surface area contributed by atoms with Crippen molar-refractivity contribution in [2.24, 2.45) is 0 Å². The van der Waals surface area contributed by atoms with Crippen molar-refractivity contribution >= 4 is 12.7 Å². The van der Waals surface area contributed by atoms with Crippen molar-refractivity contribution in [1.82, 2.24) is 14.8 Å². The zero-order valence-electron chi connectivity index (χ0n) is 12.5. The van der Waals surface area contributed by atoms with Crippen LogP contribution in [0.5, 0.6) is 11.5 Å². The van der Waals surface area contributed by atoms with Crippen molar-refractivity contribution < 1.29 is 9.84 Å². The molecule has 2 heterocycles. The van der Waals surface area contributed by atoms with Gasteiger partial charge < -0.3 is 9.84 Å². The molecule has 0 aliphatic rings. The van der Waals surface area contributed by atoms with Gasteiger partial charge in [0.25, 0.3) is 5.56 Å². The van der Waals surface area contributed by atoms with E-state index in [1.165, 1.54) is 17.9 Å². The number of methoxy groups -OCH3 is 1. The minimum Gasteiger partial charge on any atom is -0.504 e. The van der Waals surface area contributed by atoms with Crippen LogP contribution in [0.3, 0.4) is 0 Å². The molecule has 3 rings (SSSR count). The largest absolute Gasteiger partial charge is 0.504 e. The summed E-state index contributed by atoms with van der Waals surface area (Å²) in [6.07, 6.45) is 3.29. The zero-order valence-corrected chi connectivity index (χ0v) is 12.5. The van der Waals surface area contributed by atoms with E-state index in [9.17, 15) is 9.90 Å². The summed E-state index contributed by atoms with van der Waals surface area (Å²) in [4.78, 5) is 16.7. The van der Waals surface area contributed by atoms with Gasteiger partial charge in [-0.2, -0.15) is 0 Å². The summed E-state index contributed by atoms with van der Waals surface area (Å²) in [6.45, 7) is 3.87. The lowest BCUT2D eigenvalue weighted by atomic mass is 10.1. The average Bonchev–Trinajstić information content (AvgIpc) is 2.85. The highest BCUT2D eigenvalue weighted by Gasteiger charge is 2.06. The van der Waals surface area contributed by atoms with Gasteiger partial charge in [-0.25, -0.2) is 9.67 Å². The Morgan fingerprint density at radius 2 is 2.17 bits per heavy atom. The van der Waals surface area contributed by atoms with Crippen LogP contribution in [0.15, 0.2) is 47.4 Å². The number of aromatic nitrogens is 3. The van der Waals surface area contributed by atoms with Crippen LogP contribution >= 0.6 is 0 Å². The van der Waals surface area contributed by atoms with Crippen LogP contribution < -0.4 is 20.9 Å². The highest BCUT2D eigenvalue weighted by molar-refractivity contribution is 5.55. The molecule has 0 bridgehead atoms. The molecular formula is C17H15N3O3. The molecule has 116 valence electrons. The van der Waals surface area contributed by atoms with Gasteiger partial charge in [0.15, 0.2) is 17.3 Å². The summed E-state index contributed by atoms with van der Waals surface area (Å²) in [5, 5.41) is 13.4. The molecule has 0 unspecified atom stereocenters. The van der Waals surface area contributed by atoms with E-state index >= 15 is 0 Å². The van der Waals surface area contributed by atoms with Gasteiger partial charge >= 0.3 is 0 Å². The summed E-state index contributed by atoms with van der Waals surface area (Å²) in [6, 6.07) is 10.1. The molecule has 1 aromatic carbocycles. The molecule has 0 saturated carbocycles. The molecule has 6 heteroatoms. The van der Waals surface area contributed by atoms with Gasteiger partial charge in [0.2, 0.25) is 0 Å². The van der Waals surface area contributed by atoms with E-state index in [0.717, 1.165) is 0 Å². The Kier molecular flexibility index (Phi) is 3.72. The number of benzene rings is 1. The molecule has 3 aromatic rings. The molecular weight excluding hydrogens is 294 g/mol. The van der Waals surface area contributed by atoms with E-state index in [1.54, 1.807) is 42.6 Å². The predicted octanol–water partition coefficient (Wildman–Crippen LogP) is 0.514. The number of pyridine rings is 1. The second-order valence-corrected chi connectivity index (χ2v) is 4.91. The van der Waals surface area contributed by atoms with Crippen LogP contribution in [0, 0.1) is 0 Å². The molecule has 2 aromatic heterocycles. The Morgan fingerprint density at radius 1 is 1.35 bits per heavy atom. The van der Waals surface area contributed by atoms with Crippen LogP contribution in [0.2, 0.25) is 0 Å². The van der Waals surface area contributed by atoms with Crippen molar-refractivity contribution in [3.05, 3.63) is 69.1 Å². The van der Waals surface area contributed by atoms with Crippen molar-refractivity contribution in [2.75, 3.05) is 7.11 Å². The van der Waals surface area contributed by atoms with Gasteiger partial charge in [-0.1, -0.05) is 18.7 Å². The maximum Gasteiger partial charge on any atom is 0.280 e. The number of H-pyrrole nitrogens is 1. The van der Waals surface area contributed by atoms with E-state index in [1.807, 2.05) is 0 Å². The summed E-state index contributed by atoms with van der Waals surface area (Å²) < 4.78 is 6.41. The van der Waals surface area contributed by atoms with Gasteiger partial charge in [-0.05, 0) is 35.9 Å². The molecule has 0 fully saturated rings. The van der Waals surface area contributed by atoms with E-state index in [2.05, 4.69) is 16.7 Å². The normalized spacial score (nSPS) is 11.6. The molecule has 0 saturated heterocycles. The van der Waals surface area contributed by atoms with Crippen LogP contribution in [0.4, 0.5) is 0 Å². The van der Waals surface area contributed by atoms with E-state index < -0.39 is 0 Å². The molecule has 2 N–H and O–H groups in total. The number of ether oxygens (including phenoxy) is 1. The average molecular weight is 309 g/mol. The quantitative estimate of drug-likeness (QED) is 0.739.